The fourth-order valence-corrected chi connectivity index (χ4v) is 4.27. The van der Waals surface area contributed by atoms with Gasteiger partial charge in [0.15, 0.2) is 0 Å². The fraction of sp³-hybridized carbons (Fsp3) is 0.588. The Labute approximate surface area is 188 Å². The SMILES string of the molecule is CCCC(=O)NCC#Cc1cn(CC2CO[C@H](COP(=O)(O)O[PH](=O)O)[C@H]2O)c(=O)[nH]c1=O. The van der Waals surface area contributed by atoms with Gasteiger partial charge in [0.1, 0.15) is 11.7 Å². The quantitative estimate of drug-likeness (QED) is 0.185. The summed E-state index contributed by atoms with van der Waals surface area (Å²) in [5.41, 5.74) is -1.47. The topological polar surface area (TPSA) is 206 Å². The van der Waals surface area contributed by atoms with E-state index in [0.717, 1.165) is 4.57 Å². The zero-order chi connectivity index (χ0) is 24.6. The van der Waals surface area contributed by atoms with Crippen molar-refractivity contribution in [3.8, 4) is 11.8 Å². The molecule has 33 heavy (non-hydrogen) atoms. The minimum atomic E-state index is -4.80. The van der Waals surface area contributed by atoms with Crippen LogP contribution in [0, 0.1) is 17.8 Å². The number of hydrogen-bond acceptors (Lipinski definition) is 9. The van der Waals surface area contributed by atoms with Crippen LogP contribution in [0.25, 0.3) is 0 Å². The Balaban J connectivity index is 2.01. The average Bonchev–Trinajstić information content (AvgIpc) is 3.05. The molecule has 1 aliphatic rings. The molecule has 1 aliphatic heterocycles. The molecular formula is C17H25N3O11P2. The van der Waals surface area contributed by atoms with Crippen LogP contribution in [0.1, 0.15) is 25.3 Å². The highest BCUT2D eigenvalue weighted by molar-refractivity contribution is 7.55. The number of hydrogen-bond donors (Lipinski definition) is 5. The van der Waals surface area contributed by atoms with E-state index in [1.165, 1.54) is 6.20 Å². The molecular weight excluding hydrogens is 484 g/mol. The van der Waals surface area contributed by atoms with E-state index in [1.54, 1.807) is 0 Å². The lowest BCUT2D eigenvalue weighted by Gasteiger charge is -2.19. The molecule has 1 saturated heterocycles. The van der Waals surface area contributed by atoms with Gasteiger partial charge in [0.05, 0.1) is 25.9 Å². The van der Waals surface area contributed by atoms with Gasteiger partial charge in [0.2, 0.25) is 5.91 Å². The Morgan fingerprint density at radius 3 is 2.88 bits per heavy atom. The lowest BCUT2D eigenvalue weighted by atomic mass is 10.0. The number of ether oxygens (including phenoxy) is 1. The molecule has 16 heteroatoms. The normalized spacial score (nSPS) is 22.7. The Morgan fingerprint density at radius 1 is 1.48 bits per heavy atom. The molecule has 1 aromatic heterocycles. The lowest BCUT2D eigenvalue weighted by Crippen LogP contribution is -2.37. The molecule has 3 unspecified atom stereocenters. The van der Waals surface area contributed by atoms with Crippen molar-refractivity contribution >= 4 is 22.0 Å². The van der Waals surface area contributed by atoms with Crippen molar-refractivity contribution in [3.05, 3.63) is 32.6 Å². The minimum absolute atomic E-state index is 0.0229. The molecule has 184 valence electrons. The number of carbonyl (C=O) groups is 1. The van der Waals surface area contributed by atoms with E-state index in [4.69, 9.17) is 9.63 Å². The maximum absolute atomic E-state index is 12.1. The molecule has 0 saturated carbocycles. The number of aliphatic hydroxyl groups is 1. The molecule has 0 aliphatic carbocycles. The van der Waals surface area contributed by atoms with Gasteiger partial charge in [-0.15, -0.1) is 0 Å². The zero-order valence-corrected chi connectivity index (χ0v) is 19.4. The van der Waals surface area contributed by atoms with Gasteiger partial charge in [-0.25, -0.2) is 13.7 Å². The van der Waals surface area contributed by atoms with Crippen LogP contribution in [0.4, 0.5) is 0 Å². The maximum Gasteiger partial charge on any atom is 0.479 e. The summed E-state index contributed by atoms with van der Waals surface area (Å²) in [7, 11) is -8.52. The smallest absolute Gasteiger partial charge is 0.390 e. The van der Waals surface area contributed by atoms with Gasteiger partial charge in [-0.2, -0.15) is 0 Å². The van der Waals surface area contributed by atoms with Gasteiger partial charge in [-0.3, -0.25) is 28.2 Å². The van der Waals surface area contributed by atoms with Crippen LogP contribution in [0.2, 0.25) is 0 Å². The second-order valence-corrected chi connectivity index (χ2v) is 9.48. The molecule has 2 heterocycles. The third kappa shape index (κ3) is 8.66. The Morgan fingerprint density at radius 2 is 2.21 bits per heavy atom. The van der Waals surface area contributed by atoms with Crippen molar-refractivity contribution in [2.75, 3.05) is 19.8 Å². The summed E-state index contributed by atoms with van der Waals surface area (Å²) in [6.45, 7) is 1.15. The lowest BCUT2D eigenvalue weighted by molar-refractivity contribution is -0.120. The van der Waals surface area contributed by atoms with Crippen LogP contribution in [0.15, 0.2) is 15.8 Å². The van der Waals surface area contributed by atoms with Crippen molar-refractivity contribution in [2.45, 2.75) is 38.5 Å². The number of nitrogens with zero attached hydrogens (tertiary/aromatic N) is 1. The molecule has 2 rings (SSSR count). The number of carbonyl (C=O) groups excluding carboxylic acids is 1. The molecule has 1 aromatic rings. The molecule has 1 amide bonds. The van der Waals surface area contributed by atoms with E-state index < -0.39 is 52.1 Å². The molecule has 14 nitrogen and oxygen atoms in total. The first-order valence-corrected chi connectivity index (χ1v) is 12.6. The number of aliphatic hydroxyl groups excluding tert-OH is 1. The largest absolute Gasteiger partial charge is 0.479 e. The Kier molecular flexibility index (Phi) is 10.2. The molecule has 0 radical (unpaired) electrons. The van der Waals surface area contributed by atoms with Gasteiger partial charge in [0, 0.05) is 25.1 Å². The highest BCUT2D eigenvalue weighted by atomic mass is 31.2. The zero-order valence-electron chi connectivity index (χ0n) is 17.6. The molecule has 0 spiro atoms. The van der Waals surface area contributed by atoms with E-state index in [2.05, 4.69) is 31.0 Å². The predicted octanol–water partition coefficient (Wildman–Crippen LogP) is -1.30. The van der Waals surface area contributed by atoms with Crippen LogP contribution < -0.4 is 16.6 Å². The number of phosphoric ester groups is 1. The maximum atomic E-state index is 12.1. The average molecular weight is 509 g/mol. The van der Waals surface area contributed by atoms with Crippen molar-refractivity contribution in [1.29, 1.82) is 0 Å². The second-order valence-electron chi connectivity index (χ2n) is 7.03. The molecule has 5 atom stereocenters. The summed E-state index contributed by atoms with van der Waals surface area (Å²) in [6, 6.07) is 0. The number of H-pyrrole nitrogens is 1. The summed E-state index contributed by atoms with van der Waals surface area (Å²) in [4.78, 5) is 55.5. The Hall–Kier alpha value is -2.07. The minimum Gasteiger partial charge on any atom is -0.390 e. The Bertz CT molecular complexity index is 1090. The van der Waals surface area contributed by atoms with E-state index in [-0.39, 0.29) is 31.2 Å². The van der Waals surface area contributed by atoms with E-state index in [9.17, 15) is 33.5 Å². The first kappa shape index (κ1) is 27.2. The van der Waals surface area contributed by atoms with E-state index in [1.807, 2.05) is 6.92 Å². The molecule has 1 fully saturated rings. The van der Waals surface area contributed by atoms with E-state index in [0.29, 0.717) is 12.8 Å². The summed E-state index contributed by atoms with van der Waals surface area (Å²) in [6.07, 6.45) is -0.0309. The van der Waals surface area contributed by atoms with Gasteiger partial charge in [-0.1, -0.05) is 18.8 Å². The number of amides is 1. The van der Waals surface area contributed by atoms with Gasteiger partial charge in [0.25, 0.3) is 5.56 Å². The highest BCUT2D eigenvalue weighted by Crippen LogP contribution is 2.50. The summed E-state index contributed by atoms with van der Waals surface area (Å²) >= 11 is 0. The summed E-state index contributed by atoms with van der Waals surface area (Å²) in [5, 5.41) is 13.0. The van der Waals surface area contributed by atoms with Crippen molar-refractivity contribution < 1.29 is 42.4 Å². The third-order valence-corrected chi connectivity index (χ3v) is 6.52. The van der Waals surface area contributed by atoms with Crippen LogP contribution in [0.3, 0.4) is 0 Å². The van der Waals surface area contributed by atoms with Crippen LogP contribution in [-0.2, 0) is 34.0 Å². The third-order valence-electron chi connectivity index (χ3n) is 4.50. The number of aromatic amines is 1. The monoisotopic (exact) mass is 509 g/mol. The summed E-state index contributed by atoms with van der Waals surface area (Å²) in [5.74, 6) is 4.38. The number of phosphoric acid groups is 1. The van der Waals surface area contributed by atoms with Crippen LogP contribution in [0.5, 0.6) is 0 Å². The van der Waals surface area contributed by atoms with Gasteiger partial charge in [-0.05, 0) is 6.42 Å². The molecule has 0 aromatic carbocycles. The van der Waals surface area contributed by atoms with Crippen molar-refractivity contribution in [3.63, 3.8) is 0 Å². The standard InChI is InChI=1S/C17H25N3O11P2/c1-2-4-14(21)18-6-3-5-11-7-20(17(24)19-16(11)23)8-12-9-29-13(15(12)22)10-30-33(27,28)31-32(25)26/h7,12-13,15,22,32H,2,4,6,8-10H2,1H3,(H,18,21)(H,25,26)(H,27,28)(H,19,23,24)/t12?,13-,15+/m1/s1. The van der Waals surface area contributed by atoms with Crippen molar-refractivity contribution in [2.24, 2.45) is 5.92 Å². The van der Waals surface area contributed by atoms with E-state index >= 15 is 0 Å². The molecule has 0 bridgehead atoms. The summed E-state index contributed by atoms with van der Waals surface area (Å²) < 4.78 is 36.9. The second kappa shape index (κ2) is 12.4. The van der Waals surface area contributed by atoms with Crippen LogP contribution in [-0.4, -0.2) is 62.3 Å². The van der Waals surface area contributed by atoms with Crippen molar-refractivity contribution in [1.82, 2.24) is 14.9 Å². The number of nitrogens with one attached hydrogen (secondary N) is 2. The van der Waals surface area contributed by atoms with Crippen LogP contribution >= 0.6 is 16.1 Å². The van der Waals surface area contributed by atoms with Gasteiger partial charge < -0.3 is 24.9 Å². The number of aromatic nitrogens is 2. The fourth-order valence-electron chi connectivity index (χ4n) is 2.93. The first-order chi connectivity index (χ1) is 15.5. The van der Waals surface area contributed by atoms with Gasteiger partial charge >= 0.3 is 21.8 Å². The molecule has 5 N–H and O–H groups in total. The first-order valence-electron chi connectivity index (χ1n) is 9.81. The predicted molar refractivity (Wildman–Crippen MR) is 113 cm³/mol. The number of rotatable bonds is 10. The highest BCUT2D eigenvalue weighted by Gasteiger charge is 2.38.